The molecule has 2 N–H and O–H groups in total. The van der Waals surface area contributed by atoms with E-state index < -0.39 is 22.5 Å². The van der Waals surface area contributed by atoms with Gasteiger partial charge in [-0.25, -0.2) is 0 Å². The number of nitrogens with zero attached hydrogens (tertiary/aromatic N) is 1. The molecule has 0 saturated heterocycles. The fourth-order valence-corrected chi connectivity index (χ4v) is 1.77. The van der Waals surface area contributed by atoms with Crippen LogP contribution in [0.25, 0.3) is 0 Å². The van der Waals surface area contributed by atoms with Crippen LogP contribution in [0.15, 0.2) is 30.3 Å². The summed E-state index contributed by atoms with van der Waals surface area (Å²) in [5.74, 6) is -1.23. The third-order valence-electron chi connectivity index (χ3n) is 3.14. The van der Waals surface area contributed by atoms with Gasteiger partial charge in [0, 0.05) is 24.8 Å². The van der Waals surface area contributed by atoms with Gasteiger partial charge in [-0.3, -0.25) is 20.2 Å². The Kier molecular flexibility index (Phi) is 4.61. The highest BCUT2D eigenvalue weighted by Crippen LogP contribution is 2.19. The number of nitro groups is 1. The largest absolute Gasteiger partial charge is 0.480 e. The molecule has 104 valence electrons. The number of rotatable bonds is 6. The topological polar surface area (TPSA) is 92.5 Å². The summed E-state index contributed by atoms with van der Waals surface area (Å²) in [4.78, 5) is 21.7. The number of nitrogens with one attached hydrogen (secondary N) is 1. The van der Waals surface area contributed by atoms with Crippen molar-refractivity contribution in [3.8, 4) is 0 Å². The van der Waals surface area contributed by atoms with E-state index in [1.165, 1.54) is 13.8 Å². The summed E-state index contributed by atoms with van der Waals surface area (Å²) in [5.41, 5.74) is -0.706. The van der Waals surface area contributed by atoms with Crippen molar-refractivity contribution in [2.75, 3.05) is 0 Å². The van der Waals surface area contributed by atoms with Gasteiger partial charge in [0.15, 0.2) is 6.04 Å². The zero-order valence-electron chi connectivity index (χ0n) is 11.2. The van der Waals surface area contributed by atoms with Gasteiger partial charge in [0.25, 0.3) is 0 Å². The van der Waals surface area contributed by atoms with Crippen molar-refractivity contribution in [2.45, 2.75) is 38.4 Å². The molecule has 0 heterocycles. The lowest BCUT2D eigenvalue weighted by Gasteiger charge is -2.27. The minimum Gasteiger partial charge on any atom is -0.480 e. The van der Waals surface area contributed by atoms with E-state index in [9.17, 15) is 20.0 Å². The second-order valence-electron chi connectivity index (χ2n) is 4.98. The molecular formula is C13H18N2O4. The Morgan fingerprint density at radius 1 is 1.37 bits per heavy atom. The summed E-state index contributed by atoms with van der Waals surface area (Å²) < 4.78 is 0. The quantitative estimate of drug-likeness (QED) is 0.605. The van der Waals surface area contributed by atoms with Crippen LogP contribution < -0.4 is 5.32 Å². The van der Waals surface area contributed by atoms with Gasteiger partial charge in [-0.2, -0.15) is 0 Å². The van der Waals surface area contributed by atoms with Crippen LogP contribution in [0.3, 0.4) is 0 Å². The third-order valence-corrected chi connectivity index (χ3v) is 3.14. The summed E-state index contributed by atoms with van der Waals surface area (Å²) in [6, 6.07) is 7.65. The molecule has 0 fully saturated rings. The van der Waals surface area contributed by atoms with E-state index in [1.54, 1.807) is 6.92 Å². The molecule has 0 aliphatic rings. The smallest absolute Gasteiger partial charge is 0.328 e. The lowest BCUT2D eigenvalue weighted by atomic mass is 9.94. The van der Waals surface area contributed by atoms with E-state index in [1.807, 2.05) is 30.3 Å². The zero-order valence-corrected chi connectivity index (χ0v) is 11.2. The molecule has 0 saturated carbocycles. The maximum absolute atomic E-state index is 11.3. The molecule has 19 heavy (non-hydrogen) atoms. The van der Waals surface area contributed by atoms with E-state index in [2.05, 4.69) is 5.32 Å². The van der Waals surface area contributed by atoms with Crippen LogP contribution in [0.5, 0.6) is 0 Å². The van der Waals surface area contributed by atoms with Crippen LogP contribution in [-0.2, 0) is 4.79 Å². The molecule has 0 bridgehead atoms. The third kappa shape index (κ3) is 3.51. The number of carboxylic acid groups (broad SMARTS) is 1. The van der Waals surface area contributed by atoms with Gasteiger partial charge >= 0.3 is 5.97 Å². The first-order chi connectivity index (χ1) is 8.76. The molecule has 0 spiro atoms. The standard InChI is InChI=1S/C13H18N2O4/c1-9(10-7-5-4-6-8-10)14-11(12(16)17)13(2,3)15(18)19/h4-9,11,14H,1-3H3,(H,16,17)/t9-,11+/m0/s1. The Bertz CT molecular complexity index is 459. The molecule has 0 aliphatic carbocycles. The van der Waals surface area contributed by atoms with Gasteiger partial charge in [-0.05, 0) is 12.5 Å². The zero-order chi connectivity index (χ0) is 14.6. The van der Waals surface area contributed by atoms with Crippen molar-refractivity contribution in [2.24, 2.45) is 0 Å². The van der Waals surface area contributed by atoms with E-state index in [0.29, 0.717) is 0 Å². The van der Waals surface area contributed by atoms with Gasteiger partial charge in [0.2, 0.25) is 5.54 Å². The second-order valence-corrected chi connectivity index (χ2v) is 4.98. The maximum Gasteiger partial charge on any atom is 0.328 e. The SMILES string of the molecule is C[C@H](N[C@H](C(=O)O)C(C)(C)[N+](=O)[O-])c1ccccc1. The highest BCUT2D eigenvalue weighted by molar-refractivity contribution is 5.75. The molecule has 0 radical (unpaired) electrons. The van der Waals surface area contributed by atoms with Gasteiger partial charge in [0.05, 0.1) is 0 Å². The van der Waals surface area contributed by atoms with E-state index in [0.717, 1.165) is 5.56 Å². The van der Waals surface area contributed by atoms with Crippen LogP contribution in [0.1, 0.15) is 32.4 Å². The molecule has 0 unspecified atom stereocenters. The lowest BCUT2D eigenvalue weighted by Crippen LogP contribution is -2.56. The summed E-state index contributed by atoms with van der Waals surface area (Å²) in [5, 5.41) is 23.0. The van der Waals surface area contributed by atoms with Crippen LogP contribution in [-0.4, -0.2) is 27.6 Å². The fraction of sp³-hybridized carbons (Fsp3) is 0.462. The predicted octanol–water partition coefficient (Wildman–Crippen LogP) is 1.85. The van der Waals surface area contributed by atoms with Crippen LogP contribution in [0.4, 0.5) is 0 Å². The number of carbonyl (C=O) groups is 1. The van der Waals surface area contributed by atoms with Gasteiger partial charge in [0.1, 0.15) is 0 Å². The Balaban J connectivity index is 2.92. The summed E-state index contributed by atoms with van der Waals surface area (Å²) in [7, 11) is 0. The van der Waals surface area contributed by atoms with Gasteiger partial charge in [-0.15, -0.1) is 0 Å². The predicted molar refractivity (Wildman–Crippen MR) is 70.5 cm³/mol. The van der Waals surface area contributed by atoms with E-state index >= 15 is 0 Å². The van der Waals surface area contributed by atoms with Gasteiger partial charge in [-0.1, -0.05) is 30.3 Å². The number of hydrogen-bond donors (Lipinski definition) is 2. The average Bonchev–Trinajstić information content (AvgIpc) is 2.35. The summed E-state index contributed by atoms with van der Waals surface area (Å²) in [6.07, 6.45) is 0. The van der Waals surface area contributed by atoms with Crippen molar-refractivity contribution < 1.29 is 14.8 Å². The Morgan fingerprint density at radius 2 is 1.89 bits per heavy atom. The first-order valence-corrected chi connectivity index (χ1v) is 5.95. The van der Waals surface area contributed by atoms with Crippen LogP contribution >= 0.6 is 0 Å². The molecule has 6 heteroatoms. The molecule has 2 atom stereocenters. The number of benzene rings is 1. The molecule has 0 amide bonds. The molecule has 0 aliphatic heterocycles. The fourth-order valence-electron chi connectivity index (χ4n) is 1.77. The minimum atomic E-state index is -1.59. The number of hydrogen-bond acceptors (Lipinski definition) is 4. The van der Waals surface area contributed by atoms with Crippen LogP contribution in [0, 0.1) is 10.1 Å². The van der Waals surface area contributed by atoms with Crippen molar-refractivity contribution in [3.05, 3.63) is 46.0 Å². The van der Waals surface area contributed by atoms with Crippen LogP contribution in [0.2, 0.25) is 0 Å². The second kappa shape index (κ2) is 5.79. The monoisotopic (exact) mass is 266 g/mol. The molecule has 0 aromatic heterocycles. The summed E-state index contributed by atoms with van der Waals surface area (Å²) in [6.45, 7) is 4.38. The molecule has 6 nitrogen and oxygen atoms in total. The highest BCUT2D eigenvalue weighted by Gasteiger charge is 2.46. The normalized spacial score (nSPS) is 14.7. The summed E-state index contributed by atoms with van der Waals surface area (Å²) >= 11 is 0. The minimum absolute atomic E-state index is 0.290. The maximum atomic E-state index is 11.3. The van der Waals surface area contributed by atoms with E-state index in [-0.39, 0.29) is 6.04 Å². The van der Waals surface area contributed by atoms with Crippen molar-refractivity contribution in [1.82, 2.24) is 5.32 Å². The Morgan fingerprint density at radius 3 is 2.32 bits per heavy atom. The van der Waals surface area contributed by atoms with Crippen molar-refractivity contribution in [1.29, 1.82) is 0 Å². The molecular weight excluding hydrogens is 248 g/mol. The van der Waals surface area contributed by atoms with Gasteiger partial charge < -0.3 is 5.11 Å². The number of carboxylic acids is 1. The van der Waals surface area contributed by atoms with Crippen molar-refractivity contribution in [3.63, 3.8) is 0 Å². The first-order valence-electron chi connectivity index (χ1n) is 5.95. The average molecular weight is 266 g/mol. The highest BCUT2D eigenvalue weighted by atomic mass is 16.6. The number of aliphatic carboxylic acids is 1. The molecule has 1 aromatic rings. The lowest BCUT2D eigenvalue weighted by molar-refractivity contribution is -0.563. The van der Waals surface area contributed by atoms with Crippen molar-refractivity contribution >= 4 is 5.97 Å². The molecule has 1 aromatic carbocycles. The Labute approximate surface area is 111 Å². The molecule has 1 rings (SSSR count). The van der Waals surface area contributed by atoms with E-state index in [4.69, 9.17) is 0 Å². The Hall–Kier alpha value is -1.95. The first kappa shape index (κ1) is 15.1.